The minimum atomic E-state index is -0.378. The normalized spacial score (nSPS) is 12.3. The molecule has 5 nitrogen and oxygen atoms in total. The fraction of sp³-hybridized carbons (Fsp3) is 0.318. The van der Waals surface area contributed by atoms with Crippen LogP contribution in [-0.4, -0.2) is 27.8 Å². The minimum Gasteiger partial charge on any atom is -0.315 e. The van der Waals surface area contributed by atoms with Gasteiger partial charge in [0.1, 0.15) is 0 Å². The maximum Gasteiger partial charge on any atom is 0.262 e. The molecule has 0 saturated carbocycles. The van der Waals surface area contributed by atoms with Gasteiger partial charge in [-0.3, -0.25) is 14.2 Å². The van der Waals surface area contributed by atoms with Crippen molar-refractivity contribution in [2.45, 2.75) is 37.7 Å². The van der Waals surface area contributed by atoms with E-state index in [9.17, 15) is 9.59 Å². The molecule has 0 spiro atoms. The van der Waals surface area contributed by atoms with Crippen LogP contribution in [0.1, 0.15) is 20.8 Å². The largest absolute Gasteiger partial charge is 0.315 e. The Hall–Kier alpha value is -2.60. The summed E-state index contributed by atoms with van der Waals surface area (Å²) in [7, 11) is 1.77. The maximum atomic E-state index is 13.0. The Balaban J connectivity index is 1.94. The first-order valence-corrected chi connectivity index (χ1v) is 10.2. The van der Waals surface area contributed by atoms with Gasteiger partial charge in [-0.25, -0.2) is 4.98 Å². The molecule has 146 valence electrons. The van der Waals surface area contributed by atoms with E-state index in [1.54, 1.807) is 22.6 Å². The van der Waals surface area contributed by atoms with Gasteiger partial charge in [0.15, 0.2) is 5.16 Å². The smallest absolute Gasteiger partial charge is 0.262 e. The SMILES string of the molecule is CC(C)Cn1c(S[C@H](C)C(=O)N(C)c2ccccc2)nc2ccccc2c1=O. The van der Waals surface area contributed by atoms with Crippen LogP contribution in [0.3, 0.4) is 0 Å². The summed E-state index contributed by atoms with van der Waals surface area (Å²) in [5.41, 5.74) is 1.44. The first-order chi connectivity index (χ1) is 13.4. The van der Waals surface area contributed by atoms with Crippen molar-refractivity contribution in [1.82, 2.24) is 9.55 Å². The fourth-order valence-corrected chi connectivity index (χ4v) is 4.03. The van der Waals surface area contributed by atoms with Crippen molar-refractivity contribution in [3.05, 3.63) is 65.0 Å². The van der Waals surface area contributed by atoms with Gasteiger partial charge in [0, 0.05) is 19.3 Å². The Morgan fingerprint density at radius 2 is 1.71 bits per heavy atom. The van der Waals surface area contributed by atoms with Crippen LogP contribution in [0.2, 0.25) is 0 Å². The molecule has 6 heteroatoms. The maximum absolute atomic E-state index is 13.0. The Bertz CT molecular complexity index is 1030. The molecule has 3 rings (SSSR count). The van der Waals surface area contributed by atoms with E-state index in [1.165, 1.54) is 11.8 Å². The Labute approximate surface area is 169 Å². The second-order valence-corrected chi connectivity index (χ2v) is 8.52. The molecule has 3 aromatic rings. The van der Waals surface area contributed by atoms with E-state index in [0.29, 0.717) is 22.6 Å². The van der Waals surface area contributed by atoms with Gasteiger partial charge in [0.25, 0.3) is 5.56 Å². The van der Waals surface area contributed by atoms with E-state index in [1.807, 2.05) is 55.5 Å². The van der Waals surface area contributed by atoms with Gasteiger partial charge in [-0.05, 0) is 37.1 Å². The number of aromatic nitrogens is 2. The molecule has 1 amide bonds. The summed E-state index contributed by atoms with van der Waals surface area (Å²) in [6, 6.07) is 16.9. The third-order valence-corrected chi connectivity index (χ3v) is 5.56. The molecule has 1 heterocycles. The second kappa shape index (κ2) is 8.61. The number of rotatable bonds is 6. The van der Waals surface area contributed by atoms with Crippen LogP contribution in [-0.2, 0) is 11.3 Å². The van der Waals surface area contributed by atoms with Crippen LogP contribution in [0.5, 0.6) is 0 Å². The predicted octanol–water partition coefficient (Wildman–Crippen LogP) is 4.20. The second-order valence-electron chi connectivity index (χ2n) is 7.21. The molecule has 0 aliphatic heterocycles. The van der Waals surface area contributed by atoms with Crippen LogP contribution < -0.4 is 10.5 Å². The van der Waals surface area contributed by atoms with Crippen LogP contribution >= 0.6 is 11.8 Å². The molecule has 0 aliphatic carbocycles. The van der Waals surface area contributed by atoms with Crippen LogP contribution in [0.25, 0.3) is 10.9 Å². The quantitative estimate of drug-likeness (QED) is 0.464. The van der Waals surface area contributed by atoms with Crippen LogP contribution in [0.4, 0.5) is 5.69 Å². The number of thioether (sulfide) groups is 1. The molecular formula is C22H25N3O2S. The number of anilines is 1. The zero-order chi connectivity index (χ0) is 20.3. The van der Waals surface area contributed by atoms with Crippen LogP contribution in [0.15, 0.2) is 64.5 Å². The van der Waals surface area contributed by atoms with E-state index in [-0.39, 0.29) is 22.6 Å². The molecule has 1 aromatic heterocycles. The number of hydrogen-bond acceptors (Lipinski definition) is 4. The van der Waals surface area contributed by atoms with E-state index in [0.717, 1.165) is 5.69 Å². The number of carbonyl (C=O) groups excluding carboxylic acids is 1. The van der Waals surface area contributed by atoms with E-state index in [2.05, 4.69) is 13.8 Å². The van der Waals surface area contributed by atoms with Gasteiger partial charge in [-0.1, -0.05) is 55.9 Å². The highest BCUT2D eigenvalue weighted by Gasteiger charge is 2.23. The summed E-state index contributed by atoms with van der Waals surface area (Å²) in [4.78, 5) is 32.3. The van der Waals surface area contributed by atoms with Gasteiger partial charge in [-0.2, -0.15) is 0 Å². The lowest BCUT2D eigenvalue weighted by Gasteiger charge is -2.22. The number of nitrogens with zero attached hydrogens (tertiary/aromatic N) is 3. The van der Waals surface area contributed by atoms with E-state index >= 15 is 0 Å². The van der Waals surface area contributed by atoms with Crippen molar-refractivity contribution in [2.24, 2.45) is 5.92 Å². The van der Waals surface area contributed by atoms with Gasteiger partial charge < -0.3 is 4.90 Å². The molecule has 0 aliphatic rings. The van der Waals surface area contributed by atoms with Gasteiger partial charge in [0.2, 0.25) is 5.91 Å². The number of hydrogen-bond donors (Lipinski definition) is 0. The summed E-state index contributed by atoms with van der Waals surface area (Å²) in [5, 5.41) is 0.810. The van der Waals surface area contributed by atoms with Gasteiger partial charge >= 0.3 is 0 Å². The van der Waals surface area contributed by atoms with Gasteiger partial charge in [0.05, 0.1) is 16.2 Å². The average Bonchev–Trinajstić information content (AvgIpc) is 2.70. The highest BCUT2D eigenvalue weighted by molar-refractivity contribution is 8.00. The predicted molar refractivity (Wildman–Crippen MR) is 116 cm³/mol. The summed E-state index contributed by atoms with van der Waals surface area (Å²) in [6.45, 7) is 6.55. The topological polar surface area (TPSA) is 55.2 Å². The lowest BCUT2D eigenvalue weighted by Crippen LogP contribution is -2.34. The third kappa shape index (κ3) is 4.28. The van der Waals surface area contributed by atoms with Crippen molar-refractivity contribution in [2.75, 3.05) is 11.9 Å². The highest BCUT2D eigenvalue weighted by Crippen LogP contribution is 2.25. The van der Waals surface area contributed by atoms with Gasteiger partial charge in [-0.15, -0.1) is 0 Å². The van der Waals surface area contributed by atoms with Crippen molar-refractivity contribution < 1.29 is 4.79 Å². The molecule has 0 saturated heterocycles. The average molecular weight is 396 g/mol. The Morgan fingerprint density at radius 3 is 2.39 bits per heavy atom. The monoisotopic (exact) mass is 395 g/mol. The summed E-state index contributed by atoms with van der Waals surface area (Å²) >= 11 is 1.33. The molecule has 0 bridgehead atoms. The van der Waals surface area contributed by atoms with Crippen molar-refractivity contribution >= 4 is 34.3 Å². The molecule has 2 aromatic carbocycles. The molecule has 0 radical (unpaired) electrons. The molecule has 0 fully saturated rings. The van der Waals surface area contributed by atoms with Crippen molar-refractivity contribution in [3.8, 4) is 0 Å². The Kier molecular flexibility index (Phi) is 6.19. The number of benzene rings is 2. The highest BCUT2D eigenvalue weighted by atomic mass is 32.2. The van der Waals surface area contributed by atoms with E-state index < -0.39 is 0 Å². The third-order valence-electron chi connectivity index (χ3n) is 4.48. The molecule has 28 heavy (non-hydrogen) atoms. The lowest BCUT2D eigenvalue weighted by atomic mass is 10.2. The first-order valence-electron chi connectivity index (χ1n) is 9.37. The molecular weight excluding hydrogens is 370 g/mol. The number of amides is 1. The first kappa shape index (κ1) is 20.1. The summed E-state index contributed by atoms with van der Waals surface area (Å²) in [5.74, 6) is 0.257. The Morgan fingerprint density at radius 1 is 1.07 bits per heavy atom. The molecule has 1 atom stereocenters. The van der Waals surface area contributed by atoms with Crippen LogP contribution in [0, 0.1) is 5.92 Å². The van der Waals surface area contributed by atoms with Crippen molar-refractivity contribution in [3.63, 3.8) is 0 Å². The molecule has 0 unspecified atom stereocenters. The zero-order valence-corrected chi connectivity index (χ0v) is 17.4. The number of carbonyl (C=O) groups is 1. The summed E-state index contributed by atoms with van der Waals surface area (Å²) < 4.78 is 1.70. The standard InChI is InChI=1S/C22H25N3O2S/c1-15(2)14-25-21(27)18-12-8-9-13-19(18)23-22(25)28-16(3)20(26)24(4)17-10-6-5-7-11-17/h5-13,15-16H,14H2,1-4H3/t16-/m1/s1. The zero-order valence-electron chi connectivity index (χ0n) is 16.6. The lowest BCUT2D eigenvalue weighted by molar-refractivity contribution is -0.117. The fourth-order valence-electron chi connectivity index (χ4n) is 3.02. The minimum absolute atomic E-state index is 0.0327. The van der Waals surface area contributed by atoms with Crippen molar-refractivity contribution in [1.29, 1.82) is 0 Å². The van der Waals surface area contributed by atoms with E-state index in [4.69, 9.17) is 4.98 Å². The number of para-hydroxylation sites is 2. The number of fused-ring (bicyclic) bond motifs is 1. The molecule has 0 N–H and O–H groups in total. The summed E-state index contributed by atoms with van der Waals surface area (Å²) in [6.07, 6.45) is 0.